The van der Waals surface area contributed by atoms with Crippen LogP contribution < -0.4 is 11.2 Å². The second kappa shape index (κ2) is 6.47. The van der Waals surface area contributed by atoms with E-state index in [4.69, 9.17) is 5.73 Å². The predicted molar refractivity (Wildman–Crippen MR) is 109 cm³/mol. The quantitative estimate of drug-likeness (QED) is 0.431. The SMILES string of the molecule is C/C(=N/NC(=O)c1cc(C23CC4CC(CC(C4)C2)C3)[nH]n1)c1ccc(N)cc1. The number of benzene rings is 1. The number of nitrogens with zero attached hydrogens (tertiary/aromatic N) is 2. The molecule has 6 rings (SSSR count). The van der Waals surface area contributed by atoms with Gasteiger partial charge in [0.25, 0.3) is 5.91 Å². The number of rotatable bonds is 4. The lowest BCUT2D eigenvalue weighted by atomic mass is 9.49. The van der Waals surface area contributed by atoms with Crippen molar-refractivity contribution in [2.24, 2.45) is 22.9 Å². The van der Waals surface area contributed by atoms with Gasteiger partial charge in [-0.1, -0.05) is 12.1 Å². The first-order chi connectivity index (χ1) is 13.5. The summed E-state index contributed by atoms with van der Waals surface area (Å²) in [6.45, 7) is 1.86. The van der Waals surface area contributed by atoms with E-state index in [2.05, 4.69) is 20.7 Å². The summed E-state index contributed by atoms with van der Waals surface area (Å²) in [6.07, 6.45) is 7.95. The molecule has 4 aliphatic carbocycles. The van der Waals surface area contributed by atoms with Gasteiger partial charge < -0.3 is 5.73 Å². The van der Waals surface area contributed by atoms with E-state index in [9.17, 15) is 4.79 Å². The van der Waals surface area contributed by atoms with Crippen molar-refractivity contribution >= 4 is 17.3 Å². The smallest absolute Gasteiger partial charge is 0.291 e. The minimum atomic E-state index is -0.276. The minimum Gasteiger partial charge on any atom is -0.399 e. The summed E-state index contributed by atoms with van der Waals surface area (Å²) in [5.74, 6) is 2.30. The van der Waals surface area contributed by atoms with Gasteiger partial charge in [-0.2, -0.15) is 10.2 Å². The lowest BCUT2D eigenvalue weighted by Gasteiger charge is -2.56. The van der Waals surface area contributed by atoms with Crippen molar-refractivity contribution in [2.45, 2.75) is 50.9 Å². The third kappa shape index (κ3) is 3.01. The predicted octanol–water partition coefficient (Wildman–Crippen LogP) is 3.61. The molecule has 4 fully saturated rings. The summed E-state index contributed by atoms with van der Waals surface area (Å²) in [5, 5.41) is 11.7. The zero-order valence-corrected chi connectivity index (χ0v) is 16.2. The van der Waals surface area contributed by atoms with E-state index in [1.165, 1.54) is 38.5 Å². The summed E-state index contributed by atoms with van der Waals surface area (Å²) < 4.78 is 0. The van der Waals surface area contributed by atoms with Crippen LogP contribution in [0, 0.1) is 17.8 Å². The van der Waals surface area contributed by atoms with E-state index in [-0.39, 0.29) is 11.3 Å². The number of hydrazone groups is 1. The molecule has 0 aliphatic heterocycles. The number of nitrogens with two attached hydrogens (primary N) is 1. The molecular weight excluding hydrogens is 350 g/mol. The van der Waals surface area contributed by atoms with Gasteiger partial charge in [0.15, 0.2) is 5.69 Å². The van der Waals surface area contributed by atoms with Crippen molar-refractivity contribution in [3.8, 4) is 0 Å². The molecule has 6 nitrogen and oxygen atoms in total. The van der Waals surface area contributed by atoms with Crippen molar-refractivity contribution in [1.29, 1.82) is 0 Å². The topological polar surface area (TPSA) is 96.2 Å². The lowest BCUT2D eigenvalue weighted by molar-refractivity contribution is -0.00721. The van der Waals surface area contributed by atoms with Crippen molar-refractivity contribution in [3.05, 3.63) is 47.3 Å². The fourth-order valence-corrected chi connectivity index (χ4v) is 6.13. The number of anilines is 1. The molecule has 4 saturated carbocycles. The Kier molecular flexibility index (Phi) is 4.03. The second-order valence-corrected chi connectivity index (χ2v) is 9.12. The Hall–Kier alpha value is -2.63. The number of amides is 1. The Morgan fingerprint density at radius 3 is 2.36 bits per heavy atom. The van der Waals surface area contributed by atoms with Crippen molar-refractivity contribution < 1.29 is 4.79 Å². The van der Waals surface area contributed by atoms with Crippen LogP contribution in [0.4, 0.5) is 5.69 Å². The fourth-order valence-electron chi connectivity index (χ4n) is 6.13. The zero-order valence-electron chi connectivity index (χ0n) is 16.2. The Morgan fingerprint density at radius 2 is 1.75 bits per heavy atom. The van der Waals surface area contributed by atoms with Gasteiger partial charge in [0.1, 0.15) is 0 Å². The van der Waals surface area contributed by atoms with E-state index in [1.807, 2.05) is 37.3 Å². The monoisotopic (exact) mass is 377 g/mol. The van der Waals surface area contributed by atoms with Crippen LogP contribution in [-0.4, -0.2) is 21.8 Å². The third-order valence-electron chi connectivity index (χ3n) is 7.07. The highest BCUT2D eigenvalue weighted by atomic mass is 16.2. The van der Waals surface area contributed by atoms with Crippen LogP contribution in [0.3, 0.4) is 0 Å². The number of H-pyrrole nitrogens is 1. The Morgan fingerprint density at radius 1 is 1.14 bits per heavy atom. The number of hydrogen-bond donors (Lipinski definition) is 3. The maximum atomic E-state index is 12.6. The van der Waals surface area contributed by atoms with Gasteiger partial charge in [-0.05, 0) is 87.0 Å². The summed E-state index contributed by atoms with van der Waals surface area (Å²) >= 11 is 0. The Labute approximate surface area is 165 Å². The zero-order chi connectivity index (χ0) is 19.3. The van der Waals surface area contributed by atoms with Gasteiger partial charge in [0, 0.05) is 16.8 Å². The Balaban J connectivity index is 1.30. The molecule has 4 N–H and O–H groups in total. The average Bonchev–Trinajstić information content (AvgIpc) is 3.16. The van der Waals surface area contributed by atoms with Crippen LogP contribution >= 0.6 is 0 Å². The van der Waals surface area contributed by atoms with E-state index in [0.29, 0.717) is 11.4 Å². The third-order valence-corrected chi connectivity index (χ3v) is 7.07. The number of carbonyl (C=O) groups excluding carboxylic acids is 1. The van der Waals surface area contributed by atoms with Crippen molar-refractivity contribution in [3.63, 3.8) is 0 Å². The van der Waals surface area contributed by atoms with Gasteiger partial charge in [-0.15, -0.1) is 0 Å². The molecule has 1 aromatic heterocycles. The largest absolute Gasteiger partial charge is 0.399 e. The number of nitrogen functional groups attached to an aromatic ring is 1. The van der Waals surface area contributed by atoms with Crippen LogP contribution in [-0.2, 0) is 5.41 Å². The van der Waals surface area contributed by atoms with Gasteiger partial charge in [0.05, 0.1) is 5.71 Å². The van der Waals surface area contributed by atoms with Crippen LogP contribution in [0.25, 0.3) is 0 Å². The molecular formula is C22H27N5O. The Bertz CT molecular complexity index is 891. The minimum absolute atomic E-state index is 0.212. The summed E-state index contributed by atoms with van der Waals surface area (Å²) in [4.78, 5) is 12.6. The maximum absolute atomic E-state index is 12.6. The van der Waals surface area contributed by atoms with Crippen LogP contribution in [0.15, 0.2) is 35.4 Å². The molecule has 1 amide bonds. The fraction of sp³-hybridized carbons (Fsp3) is 0.500. The molecule has 28 heavy (non-hydrogen) atoms. The molecule has 0 radical (unpaired) electrons. The summed E-state index contributed by atoms with van der Waals surface area (Å²) in [5.41, 5.74) is 12.5. The van der Waals surface area contributed by atoms with Crippen molar-refractivity contribution in [1.82, 2.24) is 15.6 Å². The van der Waals surface area contributed by atoms with Crippen molar-refractivity contribution in [2.75, 3.05) is 5.73 Å². The highest BCUT2D eigenvalue weighted by molar-refractivity contribution is 6.00. The first kappa shape index (κ1) is 17.5. The van der Waals surface area contributed by atoms with Crippen LogP contribution in [0.5, 0.6) is 0 Å². The molecule has 4 aliphatic rings. The molecule has 1 aromatic carbocycles. The first-order valence-electron chi connectivity index (χ1n) is 10.3. The van der Waals surface area contributed by atoms with E-state index < -0.39 is 0 Å². The number of aromatic amines is 1. The van der Waals surface area contributed by atoms with E-state index in [0.717, 1.165) is 34.7 Å². The molecule has 0 atom stereocenters. The van der Waals surface area contributed by atoms with Gasteiger partial charge >= 0.3 is 0 Å². The summed E-state index contributed by atoms with van der Waals surface area (Å²) in [7, 11) is 0. The van der Waals surface area contributed by atoms with E-state index in [1.54, 1.807) is 0 Å². The number of nitrogens with one attached hydrogen (secondary N) is 2. The molecule has 6 heteroatoms. The maximum Gasteiger partial charge on any atom is 0.291 e. The standard InChI is InChI=1S/C22H27N5O/c1-13(17-2-4-18(23)5-3-17)24-27-21(28)19-9-20(26-25-19)22-10-14-6-15(11-22)8-16(7-14)12-22/h2-5,9,14-16H,6-8,10-12,23H2,1H3,(H,25,26)(H,27,28)/b24-13-. The van der Waals surface area contributed by atoms with E-state index >= 15 is 0 Å². The van der Waals surface area contributed by atoms with Gasteiger partial charge in [0.2, 0.25) is 0 Å². The highest BCUT2D eigenvalue weighted by Crippen LogP contribution is 2.60. The molecule has 0 unspecified atom stereocenters. The molecule has 1 heterocycles. The highest BCUT2D eigenvalue weighted by Gasteiger charge is 2.52. The van der Waals surface area contributed by atoms with Crippen LogP contribution in [0.2, 0.25) is 0 Å². The molecule has 0 spiro atoms. The molecule has 4 bridgehead atoms. The number of hydrogen-bond acceptors (Lipinski definition) is 4. The van der Waals surface area contributed by atoms with Gasteiger partial charge in [-0.25, -0.2) is 5.43 Å². The van der Waals surface area contributed by atoms with Gasteiger partial charge in [-0.3, -0.25) is 9.89 Å². The molecule has 2 aromatic rings. The first-order valence-corrected chi connectivity index (χ1v) is 10.3. The summed E-state index contributed by atoms with van der Waals surface area (Å²) in [6, 6.07) is 9.37. The normalized spacial score (nSPS) is 31.2. The lowest BCUT2D eigenvalue weighted by Crippen LogP contribution is -2.48. The molecule has 0 saturated heterocycles. The number of carbonyl (C=O) groups is 1. The average molecular weight is 377 g/mol. The van der Waals surface area contributed by atoms with Crippen LogP contribution in [0.1, 0.15) is 67.2 Å². The second-order valence-electron chi connectivity index (χ2n) is 9.12. The number of aromatic nitrogens is 2. The molecule has 146 valence electrons.